The molecule has 1 aromatic carbocycles. The summed E-state index contributed by atoms with van der Waals surface area (Å²) in [6.07, 6.45) is 0.257. The lowest BCUT2D eigenvalue weighted by molar-refractivity contribution is -0.120. The van der Waals surface area contributed by atoms with E-state index in [1.807, 2.05) is 18.5 Å². The highest BCUT2D eigenvalue weighted by Gasteiger charge is 2.15. The second-order valence-electron chi connectivity index (χ2n) is 7.47. The Balaban J connectivity index is 1.81. The summed E-state index contributed by atoms with van der Waals surface area (Å²) >= 11 is 0. The van der Waals surface area contributed by atoms with Crippen molar-refractivity contribution in [2.45, 2.75) is 47.6 Å². The molecule has 2 N–H and O–H groups in total. The second-order valence-corrected chi connectivity index (χ2v) is 7.47. The van der Waals surface area contributed by atoms with Crippen molar-refractivity contribution in [3.8, 4) is 0 Å². The number of nitrogens with zero attached hydrogens (tertiary/aromatic N) is 2. The minimum atomic E-state index is -0.412. The zero-order chi connectivity index (χ0) is 20.8. The van der Waals surface area contributed by atoms with Gasteiger partial charge >= 0.3 is 0 Å². The van der Waals surface area contributed by atoms with Crippen LogP contribution in [0, 0.1) is 32.5 Å². The van der Waals surface area contributed by atoms with Crippen LogP contribution in [-0.2, 0) is 17.8 Å². The van der Waals surface area contributed by atoms with Gasteiger partial charge in [0.15, 0.2) is 0 Å². The Bertz CT molecular complexity index is 858. The number of hydrogen-bond donors (Lipinski definition) is 2. The first-order valence-electron chi connectivity index (χ1n) is 9.53. The molecule has 0 atom stereocenters. The summed E-state index contributed by atoms with van der Waals surface area (Å²) in [5, 5.41) is 9.99. The highest BCUT2D eigenvalue weighted by Crippen LogP contribution is 2.15. The van der Waals surface area contributed by atoms with Crippen molar-refractivity contribution in [1.29, 1.82) is 0 Å². The lowest BCUT2D eigenvalue weighted by atomic mass is 10.1. The number of rotatable bonds is 8. The molecule has 2 rings (SSSR count). The van der Waals surface area contributed by atoms with Crippen molar-refractivity contribution in [2.75, 3.05) is 13.1 Å². The standard InChI is InChI=1S/C21H29FN4O2/c1-13(2)12-26-16(5)18(15(4)25-26)11-20(27)23-8-9-24-21(28)17-7-6-14(3)19(22)10-17/h6-7,10,13H,8-9,11-12H2,1-5H3,(H,23,27)(H,24,28). The van der Waals surface area contributed by atoms with Gasteiger partial charge in [-0.05, 0) is 44.4 Å². The third-order valence-electron chi connectivity index (χ3n) is 4.57. The minimum absolute atomic E-state index is 0.120. The van der Waals surface area contributed by atoms with Gasteiger partial charge in [0.05, 0.1) is 12.1 Å². The van der Waals surface area contributed by atoms with Gasteiger partial charge in [-0.1, -0.05) is 19.9 Å². The van der Waals surface area contributed by atoms with Gasteiger partial charge in [-0.2, -0.15) is 5.10 Å². The van der Waals surface area contributed by atoms with Crippen LogP contribution in [0.3, 0.4) is 0 Å². The number of nitrogens with one attached hydrogen (secondary N) is 2. The molecular weight excluding hydrogens is 359 g/mol. The maximum atomic E-state index is 13.5. The van der Waals surface area contributed by atoms with E-state index in [4.69, 9.17) is 0 Å². The first kappa shape index (κ1) is 21.6. The molecule has 0 aliphatic rings. The maximum absolute atomic E-state index is 13.5. The summed E-state index contributed by atoms with van der Waals surface area (Å²) in [7, 11) is 0. The van der Waals surface area contributed by atoms with Gasteiger partial charge < -0.3 is 10.6 Å². The Morgan fingerprint density at radius 2 is 1.82 bits per heavy atom. The van der Waals surface area contributed by atoms with Crippen LogP contribution in [0.15, 0.2) is 18.2 Å². The molecule has 0 spiro atoms. The highest BCUT2D eigenvalue weighted by molar-refractivity contribution is 5.94. The van der Waals surface area contributed by atoms with Gasteiger partial charge in [-0.25, -0.2) is 4.39 Å². The predicted molar refractivity (Wildman–Crippen MR) is 107 cm³/mol. The van der Waals surface area contributed by atoms with E-state index >= 15 is 0 Å². The van der Waals surface area contributed by atoms with Crippen molar-refractivity contribution in [3.05, 3.63) is 52.1 Å². The van der Waals surface area contributed by atoms with Gasteiger partial charge in [-0.15, -0.1) is 0 Å². The summed E-state index contributed by atoms with van der Waals surface area (Å²) in [4.78, 5) is 24.3. The molecule has 0 saturated carbocycles. The molecule has 6 nitrogen and oxygen atoms in total. The van der Waals surface area contributed by atoms with E-state index in [0.717, 1.165) is 23.5 Å². The van der Waals surface area contributed by atoms with Crippen molar-refractivity contribution < 1.29 is 14.0 Å². The number of carbonyl (C=O) groups is 2. The van der Waals surface area contributed by atoms with E-state index in [1.54, 1.807) is 19.1 Å². The largest absolute Gasteiger partial charge is 0.354 e. The molecule has 0 fully saturated rings. The van der Waals surface area contributed by atoms with Gasteiger partial charge in [0.25, 0.3) is 5.91 Å². The Kier molecular flexibility index (Phi) is 7.31. The van der Waals surface area contributed by atoms with Gasteiger partial charge in [0.1, 0.15) is 5.82 Å². The van der Waals surface area contributed by atoms with Crippen LogP contribution < -0.4 is 10.6 Å². The first-order valence-corrected chi connectivity index (χ1v) is 9.53. The average molecular weight is 388 g/mol. The summed E-state index contributed by atoms with van der Waals surface area (Å²) in [6, 6.07) is 4.35. The number of benzene rings is 1. The molecule has 28 heavy (non-hydrogen) atoms. The average Bonchev–Trinajstić information content (AvgIpc) is 2.87. The van der Waals surface area contributed by atoms with Crippen LogP contribution in [-0.4, -0.2) is 34.7 Å². The fourth-order valence-electron chi connectivity index (χ4n) is 2.95. The van der Waals surface area contributed by atoms with Crippen molar-refractivity contribution in [2.24, 2.45) is 5.92 Å². The Hall–Kier alpha value is -2.70. The molecule has 0 saturated heterocycles. The number of amides is 2. The van der Waals surface area contributed by atoms with Crippen LogP contribution in [0.2, 0.25) is 0 Å². The lowest BCUT2D eigenvalue weighted by Gasteiger charge is -2.09. The highest BCUT2D eigenvalue weighted by atomic mass is 19.1. The molecule has 7 heteroatoms. The zero-order valence-corrected chi connectivity index (χ0v) is 17.2. The summed E-state index contributed by atoms with van der Waals surface area (Å²) in [6.45, 7) is 11.2. The van der Waals surface area contributed by atoms with Crippen molar-refractivity contribution in [1.82, 2.24) is 20.4 Å². The number of hydrogen-bond acceptors (Lipinski definition) is 3. The molecule has 0 radical (unpaired) electrons. The van der Waals surface area contributed by atoms with Crippen LogP contribution in [0.25, 0.3) is 0 Å². The Morgan fingerprint density at radius 1 is 1.14 bits per heavy atom. The smallest absolute Gasteiger partial charge is 0.251 e. The zero-order valence-electron chi connectivity index (χ0n) is 17.2. The predicted octanol–water partition coefficient (Wildman–Crippen LogP) is 2.69. The molecule has 1 heterocycles. The maximum Gasteiger partial charge on any atom is 0.251 e. The third kappa shape index (κ3) is 5.65. The fraction of sp³-hybridized carbons (Fsp3) is 0.476. The first-order chi connectivity index (χ1) is 13.2. The summed E-state index contributed by atoms with van der Waals surface area (Å²) < 4.78 is 15.5. The molecule has 1 aromatic heterocycles. The van der Waals surface area contributed by atoms with Crippen LogP contribution in [0.4, 0.5) is 4.39 Å². The molecule has 0 aliphatic carbocycles. The van der Waals surface area contributed by atoms with Gasteiger partial charge in [0.2, 0.25) is 5.91 Å². The molecule has 152 valence electrons. The number of aromatic nitrogens is 2. The summed E-state index contributed by atoms with van der Waals surface area (Å²) in [5.41, 5.74) is 3.57. The monoisotopic (exact) mass is 388 g/mol. The van der Waals surface area contributed by atoms with Crippen LogP contribution >= 0.6 is 0 Å². The van der Waals surface area contributed by atoms with E-state index in [9.17, 15) is 14.0 Å². The fourth-order valence-corrected chi connectivity index (χ4v) is 2.95. The van der Waals surface area contributed by atoms with E-state index < -0.39 is 5.82 Å². The van der Waals surface area contributed by atoms with E-state index in [0.29, 0.717) is 18.0 Å². The number of halogens is 1. The van der Waals surface area contributed by atoms with E-state index in [2.05, 4.69) is 29.6 Å². The topological polar surface area (TPSA) is 76.0 Å². The molecular formula is C21H29FN4O2. The van der Waals surface area contributed by atoms with Crippen molar-refractivity contribution >= 4 is 11.8 Å². The Morgan fingerprint density at radius 3 is 2.46 bits per heavy atom. The molecule has 2 amide bonds. The molecule has 0 aliphatic heterocycles. The van der Waals surface area contributed by atoms with Crippen LogP contribution in [0.5, 0.6) is 0 Å². The normalized spacial score (nSPS) is 11.0. The lowest BCUT2D eigenvalue weighted by Crippen LogP contribution is -2.35. The van der Waals surface area contributed by atoms with E-state index in [1.165, 1.54) is 6.07 Å². The van der Waals surface area contributed by atoms with Gasteiger partial charge in [0, 0.05) is 36.5 Å². The summed E-state index contributed by atoms with van der Waals surface area (Å²) in [5.74, 6) is -0.421. The van der Waals surface area contributed by atoms with Crippen LogP contribution in [0.1, 0.15) is 46.7 Å². The minimum Gasteiger partial charge on any atom is -0.354 e. The second kappa shape index (κ2) is 9.48. The number of carbonyl (C=O) groups excluding carboxylic acids is 2. The SMILES string of the molecule is Cc1ccc(C(=O)NCCNC(=O)Cc2c(C)nn(CC(C)C)c2C)cc1F. The molecule has 0 unspecified atom stereocenters. The molecule has 0 bridgehead atoms. The van der Waals surface area contributed by atoms with Gasteiger partial charge in [-0.3, -0.25) is 14.3 Å². The molecule has 2 aromatic rings. The van der Waals surface area contributed by atoms with Crippen molar-refractivity contribution in [3.63, 3.8) is 0 Å². The third-order valence-corrected chi connectivity index (χ3v) is 4.57. The number of aryl methyl sites for hydroxylation is 2. The van der Waals surface area contributed by atoms with E-state index in [-0.39, 0.29) is 30.3 Å². The Labute approximate surface area is 165 Å². The quantitative estimate of drug-likeness (QED) is 0.683.